The van der Waals surface area contributed by atoms with Crippen LogP contribution in [0, 0.1) is 18.3 Å². The summed E-state index contributed by atoms with van der Waals surface area (Å²) < 4.78 is 17.0. The van der Waals surface area contributed by atoms with Crippen LogP contribution in [0.25, 0.3) is 11.5 Å². The van der Waals surface area contributed by atoms with Crippen LogP contribution in [0.15, 0.2) is 47.0 Å². The molecular formula is C24H23N3O5. The van der Waals surface area contributed by atoms with Gasteiger partial charge in [-0.1, -0.05) is 6.07 Å². The number of nitrogens with zero attached hydrogens (tertiary/aromatic N) is 3. The van der Waals surface area contributed by atoms with Crippen LogP contribution in [0.4, 0.5) is 0 Å². The number of aromatic nitrogens is 2. The number of carboxylic acid groups (broad SMARTS) is 1. The fourth-order valence-corrected chi connectivity index (χ4v) is 3.73. The Labute approximate surface area is 185 Å². The van der Waals surface area contributed by atoms with Crippen molar-refractivity contribution >= 4 is 5.97 Å². The van der Waals surface area contributed by atoms with Gasteiger partial charge in [-0.05, 0) is 49.6 Å². The number of carbonyl (C=O) groups is 1. The van der Waals surface area contributed by atoms with Crippen LogP contribution < -0.4 is 4.74 Å². The van der Waals surface area contributed by atoms with Crippen LogP contribution in [0.3, 0.4) is 0 Å². The molecule has 1 aliphatic rings. The average Bonchev–Trinajstić information content (AvgIpc) is 3.43. The third-order valence-corrected chi connectivity index (χ3v) is 5.52. The van der Waals surface area contributed by atoms with Gasteiger partial charge in [-0.15, -0.1) is 0 Å². The first-order valence-electron chi connectivity index (χ1n) is 10.4. The molecule has 0 saturated carbocycles. The maximum absolute atomic E-state index is 11.6. The van der Waals surface area contributed by atoms with Gasteiger partial charge in [0, 0.05) is 37.3 Å². The van der Waals surface area contributed by atoms with Crippen LogP contribution in [-0.4, -0.2) is 39.9 Å². The third-order valence-electron chi connectivity index (χ3n) is 5.52. The molecular weight excluding hydrogens is 410 g/mol. The Bertz CT molecular complexity index is 1120. The van der Waals surface area contributed by atoms with Gasteiger partial charge in [0.1, 0.15) is 5.76 Å². The van der Waals surface area contributed by atoms with E-state index in [9.17, 15) is 9.90 Å². The molecule has 3 heterocycles. The summed E-state index contributed by atoms with van der Waals surface area (Å²) in [7, 11) is 0. The zero-order valence-corrected chi connectivity index (χ0v) is 17.7. The lowest BCUT2D eigenvalue weighted by molar-refractivity contribution is -0.159. The van der Waals surface area contributed by atoms with Crippen molar-refractivity contribution < 1.29 is 23.8 Å². The number of benzene rings is 1. The first-order chi connectivity index (χ1) is 15.5. The van der Waals surface area contributed by atoms with E-state index in [2.05, 4.69) is 16.0 Å². The van der Waals surface area contributed by atoms with Gasteiger partial charge < -0.3 is 19.0 Å². The second-order valence-corrected chi connectivity index (χ2v) is 7.74. The lowest BCUT2D eigenvalue weighted by Gasteiger charge is -2.23. The predicted octanol–water partition coefficient (Wildman–Crippen LogP) is 3.71. The number of hydrogen-bond acceptors (Lipinski definition) is 7. The summed E-state index contributed by atoms with van der Waals surface area (Å²) in [4.78, 5) is 20.5. The lowest BCUT2D eigenvalue weighted by Crippen LogP contribution is -2.40. The highest BCUT2D eigenvalue weighted by atomic mass is 16.5. The highest BCUT2D eigenvalue weighted by molar-refractivity contribution is 5.78. The minimum Gasteiger partial charge on any atom is -0.479 e. The second-order valence-electron chi connectivity index (χ2n) is 7.74. The van der Waals surface area contributed by atoms with Crippen LogP contribution in [0.2, 0.25) is 0 Å². The van der Waals surface area contributed by atoms with E-state index in [0.29, 0.717) is 49.1 Å². The maximum Gasteiger partial charge on any atom is 0.336 e. The van der Waals surface area contributed by atoms with Crippen LogP contribution in [0.1, 0.15) is 35.4 Å². The summed E-state index contributed by atoms with van der Waals surface area (Å²) in [5.74, 6) is 0.746. The first kappa shape index (κ1) is 21.5. The largest absolute Gasteiger partial charge is 0.479 e. The smallest absolute Gasteiger partial charge is 0.336 e. The van der Waals surface area contributed by atoms with Gasteiger partial charge in [-0.3, -0.25) is 0 Å². The molecule has 1 saturated heterocycles. The minimum absolute atomic E-state index is 0.284. The predicted molar refractivity (Wildman–Crippen MR) is 114 cm³/mol. The molecule has 1 atom stereocenters. The van der Waals surface area contributed by atoms with E-state index >= 15 is 0 Å². The maximum atomic E-state index is 11.6. The Morgan fingerprint density at radius 2 is 2.09 bits per heavy atom. The highest BCUT2D eigenvalue weighted by Gasteiger charge is 2.42. The highest BCUT2D eigenvalue weighted by Crippen LogP contribution is 2.30. The van der Waals surface area contributed by atoms with Gasteiger partial charge in [0.2, 0.25) is 11.8 Å². The lowest BCUT2D eigenvalue weighted by atomic mass is 9.92. The summed E-state index contributed by atoms with van der Waals surface area (Å²) in [6, 6.07) is 12.7. The number of oxazole rings is 1. The Hall–Kier alpha value is -3.70. The molecule has 164 valence electrons. The molecule has 1 fully saturated rings. The molecule has 0 bridgehead atoms. The third kappa shape index (κ3) is 4.63. The number of aliphatic carboxylic acids is 1. The molecule has 0 radical (unpaired) electrons. The Morgan fingerprint density at radius 3 is 2.72 bits per heavy atom. The number of nitriles is 1. The number of hydrogen-bond donors (Lipinski definition) is 1. The van der Waals surface area contributed by atoms with Crippen LogP contribution in [0.5, 0.6) is 5.88 Å². The van der Waals surface area contributed by atoms with Crippen LogP contribution in [-0.2, 0) is 22.4 Å². The molecule has 1 N–H and O–H groups in total. The van der Waals surface area contributed by atoms with E-state index in [4.69, 9.17) is 19.2 Å². The SMILES string of the molecule is Cc1oc(-c2ccc(C#N)cc2)nc1CCOc1ccc(CC2(C(=O)O)CCCO2)cn1. The van der Waals surface area contributed by atoms with Crippen molar-refractivity contribution in [2.75, 3.05) is 13.2 Å². The van der Waals surface area contributed by atoms with Crippen molar-refractivity contribution in [2.45, 2.75) is 38.2 Å². The Kier molecular flexibility index (Phi) is 6.19. The van der Waals surface area contributed by atoms with Gasteiger partial charge >= 0.3 is 5.97 Å². The monoisotopic (exact) mass is 433 g/mol. The van der Waals surface area contributed by atoms with Crippen molar-refractivity contribution in [3.05, 3.63) is 65.2 Å². The van der Waals surface area contributed by atoms with Crippen molar-refractivity contribution in [3.63, 3.8) is 0 Å². The van der Waals surface area contributed by atoms with Crippen molar-refractivity contribution in [2.24, 2.45) is 0 Å². The molecule has 2 aromatic heterocycles. The molecule has 1 aliphatic heterocycles. The number of rotatable bonds is 8. The van der Waals surface area contributed by atoms with Crippen molar-refractivity contribution in [3.8, 4) is 23.4 Å². The zero-order chi connectivity index (χ0) is 22.6. The summed E-state index contributed by atoms with van der Waals surface area (Å²) in [5.41, 5.74) is 1.82. The minimum atomic E-state index is -1.15. The topological polar surface area (TPSA) is 118 Å². The fourth-order valence-electron chi connectivity index (χ4n) is 3.73. The van der Waals surface area contributed by atoms with E-state index < -0.39 is 11.6 Å². The number of ether oxygens (including phenoxy) is 2. The van der Waals surface area contributed by atoms with E-state index in [-0.39, 0.29) is 6.42 Å². The standard InChI is InChI=1S/C24H23N3O5/c1-16-20(27-22(32-16)19-6-3-17(14-25)4-7-19)9-12-30-21-8-5-18(15-26-21)13-24(23(28)29)10-2-11-31-24/h3-8,15H,2,9-13H2,1H3,(H,28,29). The molecule has 1 aromatic carbocycles. The van der Waals surface area contributed by atoms with Crippen LogP contribution >= 0.6 is 0 Å². The number of pyridine rings is 1. The van der Waals surface area contributed by atoms with Gasteiger partial charge in [-0.25, -0.2) is 14.8 Å². The molecule has 1 unspecified atom stereocenters. The molecule has 8 nitrogen and oxygen atoms in total. The Morgan fingerprint density at radius 1 is 1.28 bits per heavy atom. The number of aryl methyl sites for hydroxylation is 1. The van der Waals surface area contributed by atoms with Crippen molar-refractivity contribution in [1.82, 2.24) is 9.97 Å². The quantitative estimate of drug-likeness (QED) is 0.571. The molecule has 0 spiro atoms. The zero-order valence-electron chi connectivity index (χ0n) is 17.7. The van der Waals surface area contributed by atoms with E-state index in [1.807, 2.05) is 13.0 Å². The normalized spacial score (nSPS) is 17.8. The van der Waals surface area contributed by atoms with Gasteiger partial charge in [-0.2, -0.15) is 5.26 Å². The van der Waals surface area contributed by atoms with E-state index in [1.54, 1.807) is 36.5 Å². The number of carboxylic acids is 1. The molecule has 8 heteroatoms. The average molecular weight is 433 g/mol. The van der Waals surface area contributed by atoms with Crippen molar-refractivity contribution in [1.29, 1.82) is 5.26 Å². The van der Waals surface area contributed by atoms with Gasteiger partial charge in [0.25, 0.3) is 0 Å². The summed E-state index contributed by atoms with van der Waals surface area (Å²) >= 11 is 0. The fraction of sp³-hybridized carbons (Fsp3) is 0.333. The summed E-state index contributed by atoms with van der Waals surface area (Å²) in [6.07, 6.45) is 3.71. The molecule has 4 rings (SSSR count). The van der Waals surface area contributed by atoms with Gasteiger partial charge in [0.05, 0.1) is 23.9 Å². The molecule has 0 aliphatic carbocycles. The van der Waals surface area contributed by atoms with E-state index in [1.165, 1.54) is 0 Å². The molecule has 3 aromatic rings. The summed E-state index contributed by atoms with van der Waals surface area (Å²) in [6.45, 7) is 2.69. The molecule has 0 amide bonds. The second kappa shape index (κ2) is 9.20. The van der Waals surface area contributed by atoms with Gasteiger partial charge in [0.15, 0.2) is 5.60 Å². The Balaban J connectivity index is 1.33. The first-order valence-corrected chi connectivity index (χ1v) is 10.4. The summed E-state index contributed by atoms with van der Waals surface area (Å²) in [5, 5.41) is 18.4. The molecule has 32 heavy (non-hydrogen) atoms. The van der Waals surface area contributed by atoms with E-state index in [0.717, 1.165) is 23.2 Å².